The fourth-order valence-corrected chi connectivity index (χ4v) is 6.76. The molecule has 0 amide bonds. The Labute approximate surface area is 304 Å². The summed E-state index contributed by atoms with van der Waals surface area (Å²) >= 11 is 7.38. The van der Waals surface area contributed by atoms with Gasteiger partial charge < -0.3 is 24.8 Å². The number of aryl methyl sites for hydroxylation is 2. The molecule has 0 nitrogen and oxygen atoms in total. The molecule has 0 radical (unpaired) electrons. The Hall–Kier alpha value is -2.02. The van der Waals surface area contributed by atoms with Gasteiger partial charge in [0.1, 0.15) is 0 Å². The van der Waals surface area contributed by atoms with E-state index in [1.165, 1.54) is 83.1 Å². The number of hydrogen-bond acceptors (Lipinski definition) is 0. The Morgan fingerprint density at radius 2 is 1.38 bits per heavy atom. The van der Waals surface area contributed by atoms with Crippen molar-refractivity contribution < 1.29 is 49.0 Å². The molecule has 4 aromatic rings. The van der Waals surface area contributed by atoms with E-state index in [9.17, 15) is 0 Å². The number of allylic oxidation sites excluding steroid dienone is 4. The first-order chi connectivity index (χ1) is 20.3. The molecular formula is C41H43Cl3Zr-2. The van der Waals surface area contributed by atoms with Crippen LogP contribution in [0.15, 0.2) is 91.0 Å². The quantitative estimate of drug-likeness (QED) is 0.224. The molecule has 6 rings (SSSR count). The van der Waals surface area contributed by atoms with Gasteiger partial charge in [-0.1, -0.05) is 71.6 Å². The Kier molecular flexibility index (Phi) is 14.5. The third kappa shape index (κ3) is 10.2. The van der Waals surface area contributed by atoms with Crippen molar-refractivity contribution in [1.82, 2.24) is 0 Å². The van der Waals surface area contributed by atoms with E-state index in [0.717, 1.165) is 17.9 Å². The first kappa shape index (κ1) is 39.2. The minimum Gasteiger partial charge on any atom is -1.00 e. The maximum atomic E-state index is 5.97. The molecule has 0 aromatic heterocycles. The predicted octanol–water partition coefficient (Wildman–Crippen LogP) is 5.04. The fraction of sp³-hybridized carbons (Fsp3) is 0.293. The smallest absolute Gasteiger partial charge is 0.109 e. The molecule has 0 spiro atoms. The largest absolute Gasteiger partial charge is 1.00 e. The van der Waals surface area contributed by atoms with Crippen molar-refractivity contribution in [2.45, 2.75) is 79.1 Å². The van der Waals surface area contributed by atoms with Crippen molar-refractivity contribution >= 4 is 14.8 Å². The third-order valence-corrected chi connectivity index (χ3v) is 9.50. The Morgan fingerprint density at radius 1 is 0.756 bits per heavy atom. The van der Waals surface area contributed by atoms with Crippen LogP contribution in [0.1, 0.15) is 92.5 Å². The summed E-state index contributed by atoms with van der Waals surface area (Å²) in [5, 5.41) is 0.795. The minimum atomic E-state index is 0. The average molecular weight is 733 g/mol. The van der Waals surface area contributed by atoms with Crippen LogP contribution in [0.2, 0.25) is 5.02 Å². The number of hydrogen-bond donors (Lipinski definition) is 0. The van der Waals surface area contributed by atoms with E-state index < -0.39 is 0 Å². The number of rotatable bonds is 2. The van der Waals surface area contributed by atoms with E-state index in [4.69, 9.17) is 11.6 Å². The first-order valence-corrected chi connectivity index (χ1v) is 16.7. The molecule has 0 heterocycles. The van der Waals surface area contributed by atoms with Gasteiger partial charge >= 0.3 is 110 Å². The van der Waals surface area contributed by atoms with Crippen LogP contribution in [0.5, 0.6) is 0 Å². The van der Waals surface area contributed by atoms with Gasteiger partial charge in [0, 0.05) is 0 Å². The zero-order chi connectivity index (χ0) is 31.4. The molecule has 4 aromatic carbocycles. The second kappa shape index (κ2) is 16.7. The van der Waals surface area contributed by atoms with Crippen LogP contribution in [0.4, 0.5) is 0 Å². The molecule has 0 saturated heterocycles. The molecule has 2 aliphatic carbocycles. The van der Waals surface area contributed by atoms with Gasteiger partial charge in [0.2, 0.25) is 0 Å². The molecule has 45 heavy (non-hydrogen) atoms. The van der Waals surface area contributed by atoms with Gasteiger partial charge in [0.15, 0.2) is 0 Å². The molecule has 0 aliphatic heterocycles. The summed E-state index contributed by atoms with van der Waals surface area (Å²) in [4.78, 5) is 0. The maximum Gasteiger partial charge on any atom is -0.109 e. The van der Waals surface area contributed by atoms with Crippen molar-refractivity contribution in [2.24, 2.45) is 0 Å². The molecule has 0 bridgehead atoms. The van der Waals surface area contributed by atoms with Gasteiger partial charge in [-0.2, -0.15) is 23.8 Å². The fourth-order valence-electron chi connectivity index (χ4n) is 5.78. The van der Waals surface area contributed by atoms with Gasteiger partial charge in [0.25, 0.3) is 0 Å². The molecule has 0 atom stereocenters. The van der Waals surface area contributed by atoms with E-state index in [2.05, 4.69) is 122 Å². The third-order valence-electron chi connectivity index (χ3n) is 7.84. The van der Waals surface area contributed by atoms with E-state index in [1.54, 1.807) is 0 Å². The van der Waals surface area contributed by atoms with Gasteiger partial charge in [0.05, 0.1) is 0 Å². The van der Waals surface area contributed by atoms with Crippen molar-refractivity contribution in [1.29, 1.82) is 0 Å². The predicted molar refractivity (Wildman–Crippen MR) is 183 cm³/mol. The van der Waals surface area contributed by atoms with E-state index in [-0.39, 0.29) is 35.6 Å². The van der Waals surface area contributed by atoms with Crippen molar-refractivity contribution in [3.8, 4) is 11.1 Å². The average Bonchev–Trinajstić information content (AvgIpc) is 3.63. The Balaban J connectivity index is 0.000000275. The van der Waals surface area contributed by atoms with Crippen LogP contribution in [0, 0.1) is 26.0 Å². The molecular weight excluding hydrogens is 690 g/mol. The summed E-state index contributed by atoms with van der Waals surface area (Å²) in [6.45, 7) is 18.2. The van der Waals surface area contributed by atoms with Crippen LogP contribution in [-0.4, -0.2) is 3.21 Å². The number of fused-ring (bicyclic) bond motifs is 3. The van der Waals surface area contributed by atoms with Crippen LogP contribution in [-0.2, 0) is 41.5 Å². The summed E-state index contributed by atoms with van der Waals surface area (Å²) < 4.78 is 1.34. The summed E-state index contributed by atoms with van der Waals surface area (Å²) in [5.74, 6) is 0. The topological polar surface area (TPSA) is 0 Å². The van der Waals surface area contributed by atoms with Gasteiger partial charge in [-0.25, -0.2) is 12.2 Å². The van der Waals surface area contributed by atoms with Crippen LogP contribution >= 0.6 is 11.6 Å². The SMILES string of the molecule is Cc1[c-]c2c(cc1C(C)(C)C)-c1cc(C(C)(C)C)c(C)cc1C2.Clc1cccc([C](=[Zr+2])c2ccccc2)c1.[C-]1=CC=CC1.[Cl-].[Cl-]. The van der Waals surface area contributed by atoms with Crippen LogP contribution in [0.25, 0.3) is 11.1 Å². The summed E-state index contributed by atoms with van der Waals surface area (Å²) in [5.41, 5.74) is 14.1. The summed E-state index contributed by atoms with van der Waals surface area (Å²) in [6, 6.07) is 29.4. The van der Waals surface area contributed by atoms with Crippen LogP contribution < -0.4 is 24.8 Å². The Bertz CT molecular complexity index is 1590. The number of benzene rings is 4. The normalized spacial score (nSPS) is 12.4. The van der Waals surface area contributed by atoms with Gasteiger partial charge in [-0.05, 0) is 35.4 Å². The molecule has 0 saturated carbocycles. The first-order valence-electron chi connectivity index (χ1n) is 15.1. The van der Waals surface area contributed by atoms with E-state index in [1.807, 2.05) is 36.4 Å². The molecule has 234 valence electrons. The molecule has 4 heteroatoms. The summed E-state index contributed by atoms with van der Waals surface area (Å²) in [6.07, 6.45) is 11.0. The molecule has 2 aliphatic rings. The monoisotopic (exact) mass is 730 g/mol. The van der Waals surface area contributed by atoms with Gasteiger partial charge in [-0.3, -0.25) is 6.08 Å². The zero-order valence-electron chi connectivity index (χ0n) is 27.7. The van der Waals surface area contributed by atoms with Gasteiger partial charge in [-0.15, -0.1) is 23.1 Å². The second-order valence-corrected chi connectivity index (χ2v) is 15.1. The Morgan fingerprint density at radius 3 is 1.91 bits per heavy atom. The van der Waals surface area contributed by atoms with E-state index in [0.29, 0.717) is 0 Å². The molecule has 0 unspecified atom stereocenters. The van der Waals surface area contributed by atoms with Crippen molar-refractivity contribution in [2.75, 3.05) is 0 Å². The van der Waals surface area contributed by atoms with E-state index >= 15 is 0 Å². The maximum absolute atomic E-state index is 5.97. The molecule has 0 N–H and O–H groups in total. The standard InChI is InChI=1S/C23H29.C13H9Cl.C5H5.2ClH.Zr/c1-14-9-16-11-17-10-15(2)21(23(6,7)8)13-19(17)18(16)12-20(14)22(3,4)5;14-13-8-4-7-12(10-13)9-11-5-2-1-3-6-11;1-2-4-5-3-1;;;/h9,12-13H,11H2,1-8H3;1-8,10H;1-3H,4H2;2*1H;/q-1;;-1;;;+2/p-2. The van der Waals surface area contributed by atoms with Crippen molar-refractivity contribution in [3.63, 3.8) is 0 Å². The number of halogens is 3. The summed E-state index contributed by atoms with van der Waals surface area (Å²) in [7, 11) is 0. The second-order valence-electron chi connectivity index (χ2n) is 13.5. The van der Waals surface area contributed by atoms with Crippen LogP contribution in [0.3, 0.4) is 0 Å². The zero-order valence-corrected chi connectivity index (χ0v) is 32.4. The molecule has 0 fully saturated rings. The minimum absolute atomic E-state index is 0. The van der Waals surface area contributed by atoms with Crippen molar-refractivity contribution in [3.05, 3.63) is 153 Å².